The van der Waals surface area contributed by atoms with Gasteiger partial charge >= 0.3 is 5.97 Å². The lowest BCUT2D eigenvalue weighted by atomic mass is 10.0. The lowest BCUT2D eigenvalue weighted by molar-refractivity contribution is -0.151. The molecular formula is C54H93NO5. The summed E-state index contributed by atoms with van der Waals surface area (Å²) in [7, 11) is 0. The summed E-state index contributed by atoms with van der Waals surface area (Å²) < 4.78 is 5.87. The third-order valence-corrected chi connectivity index (χ3v) is 10.7. The van der Waals surface area contributed by atoms with Crippen molar-refractivity contribution in [2.24, 2.45) is 0 Å². The molecule has 0 spiro atoms. The van der Waals surface area contributed by atoms with E-state index >= 15 is 0 Å². The molecule has 3 atom stereocenters. The summed E-state index contributed by atoms with van der Waals surface area (Å²) in [5.74, 6) is -0.586. The first kappa shape index (κ1) is 57.0. The maximum absolute atomic E-state index is 13.2. The smallest absolute Gasteiger partial charge is 0.306 e. The predicted molar refractivity (Wildman–Crippen MR) is 259 cm³/mol. The Kier molecular flexibility index (Phi) is 44.8. The molecule has 0 saturated carbocycles. The number of ether oxygens (including phenoxy) is 1. The van der Waals surface area contributed by atoms with Gasteiger partial charge in [-0.3, -0.25) is 9.59 Å². The van der Waals surface area contributed by atoms with Crippen LogP contribution in [0.5, 0.6) is 0 Å². The van der Waals surface area contributed by atoms with Crippen molar-refractivity contribution >= 4 is 11.9 Å². The van der Waals surface area contributed by atoms with E-state index in [-0.39, 0.29) is 24.9 Å². The monoisotopic (exact) mass is 836 g/mol. The number of nitrogens with one attached hydrogen (secondary N) is 1. The average molecular weight is 836 g/mol. The first-order chi connectivity index (χ1) is 29.5. The summed E-state index contributed by atoms with van der Waals surface area (Å²) in [5.41, 5.74) is 0. The van der Waals surface area contributed by atoms with Crippen molar-refractivity contribution in [2.45, 2.75) is 238 Å². The van der Waals surface area contributed by atoms with Gasteiger partial charge in [0.15, 0.2) is 0 Å². The molecule has 0 fully saturated rings. The van der Waals surface area contributed by atoms with E-state index in [1.54, 1.807) is 0 Å². The van der Waals surface area contributed by atoms with Gasteiger partial charge in [-0.25, -0.2) is 0 Å². The lowest BCUT2D eigenvalue weighted by Gasteiger charge is -2.24. The van der Waals surface area contributed by atoms with Gasteiger partial charge in [-0.05, 0) is 96.3 Å². The topological polar surface area (TPSA) is 95.9 Å². The van der Waals surface area contributed by atoms with Gasteiger partial charge in [0.25, 0.3) is 0 Å². The third kappa shape index (κ3) is 41.8. The molecule has 3 unspecified atom stereocenters. The quantitative estimate of drug-likeness (QED) is 0.0323. The molecule has 0 aromatic carbocycles. The second-order valence-electron chi connectivity index (χ2n) is 16.5. The highest BCUT2D eigenvalue weighted by atomic mass is 16.5. The van der Waals surface area contributed by atoms with E-state index in [1.807, 2.05) is 0 Å². The van der Waals surface area contributed by atoms with E-state index < -0.39 is 18.2 Å². The fraction of sp³-hybridized carbons (Fsp3) is 0.704. The maximum Gasteiger partial charge on any atom is 0.306 e. The van der Waals surface area contributed by atoms with Crippen LogP contribution >= 0.6 is 0 Å². The first-order valence-corrected chi connectivity index (χ1v) is 24.8. The van der Waals surface area contributed by atoms with Gasteiger partial charge in [0.05, 0.1) is 25.2 Å². The lowest BCUT2D eigenvalue weighted by Crippen LogP contribution is -2.46. The number of rotatable bonds is 43. The van der Waals surface area contributed by atoms with Gasteiger partial charge in [0.1, 0.15) is 6.10 Å². The van der Waals surface area contributed by atoms with Gasteiger partial charge in [-0.1, -0.05) is 196 Å². The largest absolute Gasteiger partial charge is 0.462 e. The molecule has 1 amide bonds. The molecule has 0 rings (SSSR count). The highest BCUT2D eigenvalue weighted by Crippen LogP contribution is 2.16. The molecule has 0 bridgehead atoms. The molecule has 0 aromatic rings. The molecule has 0 radical (unpaired) electrons. The summed E-state index contributed by atoms with van der Waals surface area (Å²) in [6.07, 6.45) is 60.7. The highest BCUT2D eigenvalue weighted by Gasteiger charge is 2.24. The molecule has 0 heterocycles. The zero-order valence-electron chi connectivity index (χ0n) is 39.1. The van der Waals surface area contributed by atoms with Gasteiger partial charge in [-0.15, -0.1) is 0 Å². The molecule has 0 aliphatic rings. The molecule has 0 aliphatic heterocycles. The van der Waals surface area contributed by atoms with Gasteiger partial charge in [0.2, 0.25) is 5.91 Å². The fourth-order valence-electron chi connectivity index (χ4n) is 6.97. The molecular weight excluding hydrogens is 743 g/mol. The summed E-state index contributed by atoms with van der Waals surface area (Å²) in [5, 5.41) is 23.7. The number of aliphatic hydroxyl groups is 2. The second-order valence-corrected chi connectivity index (χ2v) is 16.5. The van der Waals surface area contributed by atoms with E-state index in [1.165, 1.54) is 83.5 Å². The van der Waals surface area contributed by atoms with E-state index in [0.717, 1.165) is 83.5 Å². The van der Waals surface area contributed by atoms with Crippen molar-refractivity contribution < 1.29 is 24.5 Å². The standard InChI is InChI=1S/C54H93NO5/c1-4-7-10-13-16-19-22-25-26-27-28-29-32-35-38-41-44-47-54(59)60-50(45-42-39-36-33-30-23-20-17-14-11-8-5-2)48-53(58)55-51(49-56)52(57)46-43-40-37-34-31-24-21-18-15-12-9-6-3/h8,11,16-17,19-20,25-26,28-30,33,35,38,50-52,56-57H,4-7,9-10,12-15,18,21-24,27,31-32,34,36-37,39-49H2,1-3H3,(H,55,58)/b11-8+,19-16-,20-17+,26-25-,29-28-,33-30+,38-35-. The minimum absolute atomic E-state index is 0.0256. The van der Waals surface area contributed by atoms with E-state index in [0.29, 0.717) is 25.7 Å². The summed E-state index contributed by atoms with van der Waals surface area (Å²) in [6.45, 7) is 6.30. The van der Waals surface area contributed by atoms with Gasteiger partial charge in [0, 0.05) is 6.42 Å². The SMILES string of the molecule is CC/C=C/C/C=C/C/C=C/CCCCC(CC(=O)NC(CO)C(O)CCCCCCCCCCCCCC)OC(=O)CCC/C=C\C/C=C\C/C=C\C/C=C\CCCCC. The zero-order valence-corrected chi connectivity index (χ0v) is 39.1. The molecule has 6 heteroatoms. The van der Waals surface area contributed by atoms with Crippen LogP contribution in [0.25, 0.3) is 0 Å². The van der Waals surface area contributed by atoms with E-state index in [4.69, 9.17) is 4.74 Å². The Hall–Kier alpha value is -2.96. The van der Waals surface area contributed by atoms with Crippen LogP contribution in [-0.2, 0) is 14.3 Å². The van der Waals surface area contributed by atoms with Crippen molar-refractivity contribution in [3.8, 4) is 0 Å². The third-order valence-electron chi connectivity index (χ3n) is 10.7. The fourth-order valence-corrected chi connectivity index (χ4v) is 6.97. The average Bonchev–Trinajstić information content (AvgIpc) is 3.24. The molecule has 3 N–H and O–H groups in total. The van der Waals surface area contributed by atoms with Crippen LogP contribution in [-0.4, -0.2) is 46.9 Å². The second kappa shape index (κ2) is 47.1. The Labute approximate surface area is 370 Å². The van der Waals surface area contributed by atoms with Crippen molar-refractivity contribution in [2.75, 3.05) is 6.61 Å². The maximum atomic E-state index is 13.2. The van der Waals surface area contributed by atoms with Crippen LogP contribution in [0.3, 0.4) is 0 Å². The van der Waals surface area contributed by atoms with Crippen LogP contribution in [0, 0.1) is 0 Å². The molecule has 0 aromatic heterocycles. The number of carbonyl (C=O) groups excluding carboxylic acids is 2. The molecule has 6 nitrogen and oxygen atoms in total. The van der Waals surface area contributed by atoms with Crippen LogP contribution in [0.2, 0.25) is 0 Å². The molecule has 60 heavy (non-hydrogen) atoms. The molecule has 0 saturated heterocycles. The number of unbranched alkanes of at least 4 members (excludes halogenated alkanes) is 17. The number of aliphatic hydroxyl groups excluding tert-OH is 2. The highest BCUT2D eigenvalue weighted by molar-refractivity contribution is 5.77. The van der Waals surface area contributed by atoms with Crippen molar-refractivity contribution in [1.29, 1.82) is 0 Å². The Morgan fingerprint density at radius 1 is 0.500 bits per heavy atom. The summed E-state index contributed by atoms with van der Waals surface area (Å²) >= 11 is 0. The number of allylic oxidation sites excluding steroid dienone is 14. The van der Waals surface area contributed by atoms with E-state index in [2.05, 4.69) is 111 Å². The summed E-state index contributed by atoms with van der Waals surface area (Å²) in [4.78, 5) is 26.1. The number of hydrogen-bond donors (Lipinski definition) is 3. The van der Waals surface area contributed by atoms with Crippen LogP contribution in [0.15, 0.2) is 85.1 Å². The number of amides is 1. The molecule has 0 aliphatic carbocycles. The van der Waals surface area contributed by atoms with Gasteiger partial charge < -0.3 is 20.3 Å². The normalized spacial score (nSPS) is 14.0. The predicted octanol–water partition coefficient (Wildman–Crippen LogP) is 14.8. The van der Waals surface area contributed by atoms with Crippen molar-refractivity contribution in [1.82, 2.24) is 5.32 Å². The van der Waals surface area contributed by atoms with Crippen molar-refractivity contribution in [3.05, 3.63) is 85.1 Å². The van der Waals surface area contributed by atoms with Gasteiger partial charge in [-0.2, -0.15) is 0 Å². The number of hydrogen-bond acceptors (Lipinski definition) is 5. The first-order valence-electron chi connectivity index (χ1n) is 24.8. The molecule has 344 valence electrons. The van der Waals surface area contributed by atoms with Crippen LogP contribution in [0.4, 0.5) is 0 Å². The minimum atomic E-state index is -0.810. The van der Waals surface area contributed by atoms with Crippen molar-refractivity contribution in [3.63, 3.8) is 0 Å². The van der Waals surface area contributed by atoms with Crippen LogP contribution in [0.1, 0.15) is 220 Å². The Balaban J connectivity index is 4.72. The Morgan fingerprint density at radius 3 is 1.38 bits per heavy atom. The Morgan fingerprint density at radius 2 is 0.900 bits per heavy atom. The number of carbonyl (C=O) groups is 2. The van der Waals surface area contributed by atoms with E-state index in [9.17, 15) is 19.8 Å². The zero-order chi connectivity index (χ0) is 43.8. The minimum Gasteiger partial charge on any atom is -0.462 e. The van der Waals surface area contributed by atoms with Crippen LogP contribution < -0.4 is 5.32 Å². The number of esters is 1. The summed E-state index contributed by atoms with van der Waals surface area (Å²) in [6, 6.07) is -0.728. The Bertz CT molecular complexity index is 1160.